The first kappa shape index (κ1) is 25.1. The molecule has 1 saturated carbocycles. The van der Waals surface area contributed by atoms with E-state index in [9.17, 15) is 9.18 Å². The molecule has 3 rings (SSSR count). The number of nitrogens with zero attached hydrogens (tertiary/aromatic N) is 1. The largest absolute Gasteiger partial charge is 0.490 e. The van der Waals surface area contributed by atoms with Crippen LogP contribution in [0.15, 0.2) is 23.7 Å². The average molecular weight is 451 g/mol. The predicted octanol–water partition coefficient (Wildman–Crippen LogP) is 5.13. The molecule has 0 spiro atoms. The summed E-state index contributed by atoms with van der Waals surface area (Å²) in [5, 5.41) is 3.29. The Bertz CT molecular complexity index is 668. The first-order chi connectivity index (χ1) is 15.4. The lowest BCUT2D eigenvalue weighted by molar-refractivity contribution is -0.122. The predicted molar refractivity (Wildman–Crippen MR) is 126 cm³/mol. The molecule has 1 fully saturated rings. The molecule has 0 aromatic carbocycles. The summed E-state index contributed by atoms with van der Waals surface area (Å²) in [4.78, 5) is 15.0. The van der Waals surface area contributed by atoms with E-state index in [1.54, 1.807) is 6.92 Å². The minimum atomic E-state index is -1.01. The molecule has 182 valence electrons. The molecule has 2 aliphatic carbocycles. The standard InChI is InChI=1S/C26H43FN2O3/c1-4-29(5-2)19-22(17-20-10-13-23-24(18-20)32-16-15-31-23)28-25(30)9-7-6-8-14-26(3,27)21-11-12-21/h10,13,20-22H,4-9,11-12,14-19H2,1-3H3,(H,28,30). The van der Waals surface area contributed by atoms with Gasteiger partial charge >= 0.3 is 0 Å². The number of alkyl halides is 1. The number of carbonyl (C=O) groups is 1. The first-order valence-corrected chi connectivity index (χ1v) is 12.8. The molecule has 1 N–H and O–H groups in total. The Morgan fingerprint density at radius 3 is 2.69 bits per heavy atom. The lowest BCUT2D eigenvalue weighted by Crippen LogP contribution is -2.44. The highest BCUT2D eigenvalue weighted by Gasteiger charge is 2.41. The van der Waals surface area contributed by atoms with Gasteiger partial charge in [0.25, 0.3) is 0 Å². The first-order valence-electron chi connectivity index (χ1n) is 12.8. The van der Waals surface area contributed by atoms with Gasteiger partial charge in [0.15, 0.2) is 5.76 Å². The lowest BCUT2D eigenvalue weighted by atomic mass is 9.91. The summed E-state index contributed by atoms with van der Waals surface area (Å²) in [5.41, 5.74) is -1.01. The second-order valence-electron chi connectivity index (χ2n) is 9.91. The third-order valence-electron chi connectivity index (χ3n) is 7.18. The van der Waals surface area contributed by atoms with E-state index in [0.717, 1.165) is 76.1 Å². The Morgan fingerprint density at radius 1 is 1.22 bits per heavy atom. The van der Waals surface area contributed by atoms with E-state index in [1.807, 2.05) is 6.08 Å². The number of ether oxygens (including phenoxy) is 2. The molecular weight excluding hydrogens is 407 g/mol. The second-order valence-corrected chi connectivity index (χ2v) is 9.91. The molecule has 3 atom stereocenters. The maximum atomic E-state index is 14.4. The topological polar surface area (TPSA) is 50.8 Å². The van der Waals surface area contributed by atoms with Crippen molar-refractivity contribution in [1.82, 2.24) is 10.2 Å². The van der Waals surface area contributed by atoms with Gasteiger partial charge in [-0.3, -0.25) is 4.79 Å². The second kappa shape index (κ2) is 12.1. The normalized spacial score (nSPS) is 23.2. The van der Waals surface area contributed by atoms with Crippen LogP contribution in [0.3, 0.4) is 0 Å². The number of halogens is 1. The third kappa shape index (κ3) is 7.79. The van der Waals surface area contributed by atoms with Crippen molar-refractivity contribution in [2.45, 2.75) is 90.3 Å². The summed E-state index contributed by atoms with van der Waals surface area (Å²) in [7, 11) is 0. The van der Waals surface area contributed by atoms with Crippen LogP contribution in [0.25, 0.3) is 0 Å². The lowest BCUT2D eigenvalue weighted by Gasteiger charge is -2.31. The van der Waals surface area contributed by atoms with Gasteiger partial charge in [-0.25, -0.2) is 4.39 Å². The number of allylic oxidation sites excluding steroid dienone is 3. The molecule has 0 saturated heterocycles. The summed E-state index contributed by atoms with van der Waals surface area (Å²) in [6.07, 6.45) is 11.8. The minimum absolute atomic E-state index is 0.104. The Labute approximate surface area is 193 Å². The number of hydrogen-bond acceptors (Lipinski definition) is 4. The van der Waals surface area contributed by atoms with Gasteiger partial charge in [0.2, 0.25) is 5.91 Å². The number of hydrogen-bond donors (Lipinski definition) is 1. The van der Waals surface area contributed by atoms with Crippen LogP contribution in [0.5, 0.6) is 0 Å². The third-order valence-corrected chi connectivity index (χ3v) is 7.18. The van der Waals surface area contributed by atoms with Crippen molar-refractivity contribution in [1.29, 1.82) is 0 Å². The van der Waals surface area contributed by atoms with Crippen molar-refractivity contribution in [3.8, 4) is 0 Å². The quantitative estimate of drug-likeness (QED) is 0.373. The number of likely N-dealkylation sites (N-methyl/N-ethyl adjacent to an activating group) is 1. The Morgan fingerprint density at radius 2 is 1.97 bits per heavy atom. The fourth-order valence-corrected chi connectivity index (χ4v) is 4.92. The smallest absolute Gasteiger partial charge is 0.220 e. The maximum absolute atomic E-state index is 14.4. The van der Waals surface area contributed by atoms with Crippen molar-refractivity contribution in [3.05, 3.63) is 23.7 Å². The van der Waals surface area contributed by atoms with Crippen LogP contribution < -0.4 is 5.32 Å². The van der Waals surface area contributed by atoms with E-state index in [0.29, 0.717) is 32.0 Å². The molecule has 5 nitrogen and oxygen atoms in total. The molecule has 0 radical (unpaired) electrons. The van der Waals surface area contributed by atoms with E-state index >= 15 is 0 Å². The Kier molecular flexibility index (Phi) is 9.45. The van der Waals surface area contributed by atoms with Crippen LogP contribution in [0.1, 0.15) is 78.6 Å². The molecule has 32 heavy (non-hydrogen) atoms. The zero-order valence-corrected chi connectivity index (χ0v) is 20.3. The van der Waals surface area contributed by atoms with Gasteiger partial charge in [-0.15, -0.1) is 0 Å². The Hall–Kier alpha value is -1.56. The fraction of sp³-hybridized carbons (Fsp3) is 0.808. The van der Waals surface area contributed by atoms with Crippen molar-refractivity contribution < 1.29 is 18.7 Å². The highest BCUT2D eigenvalue weighted by molar-refractivity contribution is 5.76. The molecule has 1 heterocycles. The number of rotatable bonds is 14. The van der Waals surface area contributed by atoms with Crippen molar-refractivity contribution in [2.75, 3.05) is 32.8 Å². The van der Waals surface area contributed by atoms with E-state index in [-0.39, 0.29) is 17.9 Å². The Balaban J connectivity index is 1.43. The molecular formula is C26H43FN2O3. The van der Waals surface area contributed by atoms with Gasteiger partial charge in [-0.05, 0) is 70.0 Å². The van der Waals surface area contributed by atoms with Gasteiger partial charge in [-0.1, -0.05) is 32.8 Å². The van der Waals surface area contributed by atoms with Gasteiger partial charge in [0, 0.05) is 25.4 Å². The van der Waals surface area contributed by atoms with Crippen molar-refractivity contribution in [2.24, 2.45) is 11.8 Å². The van der Waals surface area contributed by atoms with Crippen LogP contribution in [0.4, 0.5) is 4.39 Å². The molecule has 0 aromatic rings. The zero-order chi connectivity index (χ0) is 23.0. The zero-order valence-electron chi connectivity index (χ0n) is 20.3. The summed E-state index contributed by atoms with van der Waals surface area (Å²) in [6.45, 7) is 10.1. The van der Waals surface area contributed by atoms with E-state index in [4.69, 9.17) is 9.47 Å². The number of carbonyl (C=O) groups excluding carboxylic acids is 1. The molecule has 1 aliphatic heterocycles. The minimum Gasteiger partial charge on any atom is -0.490 e. The maximum Gasteiger partial charge on any atom is 0.220 e. The van der Waals surface area contributed by atoms with Crippen molar-refractivity contribution in [3.63, 3.8) is 0 Å². The average Bonchev–Trinajstić information content (AvgIpc) is 3.63. The van der Waals surface area contributed by atoms with E-state index < -0.39 is 5.67 Å². The van der Waals surface area contributed by atoms with E-state index in [1.165, 1.54) is 0 Å². The molecule has 3 unspecified atom stereocenters. The molecule has 1 amide bonds. The molecule has 0 aromatic heterocycles. The van der Waals surface area contributed by atoms with Gasteiger partial charge in [-0.2, -0.15) is 0 Å². The van der Waals surface area contributed by atoms with E-state index in [2.05, 4.69) is 30.1 Å². The van der Waals surface area contributed by atoms with Crippen LogP contribution >= 0.6 is 0 Å². The van der Waals surface area contributed by atoms with Gasteiger partial charge in [0.1, 0.15) is 24.6 Å². The van der Waals surface area contributed by atoms with Crippen LogP contribution in [0, 0.1) is 11.8 Å². The number of nitrogens with one attached hydrogen (secondary N) is 1. The molecule has 0 bridgehead atoms. The molecule has 6 heteroatoms. The molecule has 3 aliphatic rings. The number of unbranched alkanes of at least 4 members (excludes halogenated alkanes) is 2. The van der Waals surface area contributed by atoms with Crippen LogP contribution in [-0.4, -0.2) is 55.4 Å². The number of amides is 1. The van der Waals surface area contributed by atoms with Gasteiger partial charge < -0.3 is 19.7 Å². The summed E-state index contributed by atoms with van der Waals surface area (Å²) in [6, 6.07) is 0.104. The fourth-order valence-electron chi connectivity index (χ4n) is 4.92. The SMILES string of the molecule is CCN(CC)CC(CC1C=CC2=C(C1)OCCO2)NC(=O)CCCCCC(C)(F)C1CC1. The highest BCUT2D eigenvalue weighted by Crippen LogP contribution is 2.44. The summed E-state index contributed by atoms with van der Waals surface area (Å²) in [5.74, 6) is 2.54. The van der Waals surface area contributed by atoms with Crippen molar-refractivity contribution >= 4 is 5.91 Å². The van der Waals surface area contributed by atoms with Gasteiger partial charge in [0.05, 0.1) is 0 Å². The van der Waals surface area contributed by atoms with Crippen LogP contribution in [-0.2, 0) is 14.3 Å². The summed E-state index contributed by atoms with van der Waals surface area (Å²) < 4.78 is 25.9. The summed E-state index contributed by atoms with van der Waals surface area (Å²) >= 11 is 0. The highest BCUT2D eigenvalue weighted by atomic mass is 19.1. The van der Waals surface area contributed by atoms with Crippen LogP contribution in [0.2, 0.25) is 0 Å². The monoisotopic (exact) mass is 450 g/mol.